The van der Waals surface area contributed by atoms with Crippen molar-refractivity contribution in [2.24, 2.45) is 0 Å². The van der Waals surface area contributed by atoms with E-state index < -0.39 is 0 Å². The van der Waals surface area contributed by atoms with E-state index in [-0.39, 0.29) is 0 Å². The summed E-state index contributed by atoms with van der Waals surface area (Å²) in [5.41, 5.74) is 17.9. The fourth-order valence-corrected chi connectivity index (χ4v) is 8.60. The third-order valence-corrected chi connectivity index (χ3v) is 11.1. The van der Waals surface area contributed by atoms with Crippen molar-refractivity contribution in [1.82, 2.24) is 19.9 Å². The number of fused-ring (bicyclic) bond motifs is 8. The topological polar surface area (TPSA) is 58.0 Å². The molecule has 0 spiro atoms. The van der Waals surface area contributed by atoms with E-state index in [1.54, 1.807) is 0 Å². The van der Waals surface area contributed by atoms with Gasteiger partial charge < -0.3 is 9.80 Å². The molecule has 0 amide bonds. The van der Waals surface area contributed by atoms with Crippen LogP contribution in [0.4, 0.5) is 34.1 Å². The Morgan fingerprint density at radius 3 is 0.839 bits per heavy atom. The molecule has 56 heavy (non-hydrogen) atoms. The van der Waals surface area contributed by atoms with Gasteiger partial charge in [-0.25, -0.2) is 19.9 Å². The Morgan fingerprint density at radius 1 is 0.250 bits per heavy atom. The van der Waals surface area contributed by atoms with Gasteiger partial charge in [-0.1, -0.05) is 97.1 Å². The first kappa shape index (κ1) is 30.7. The molecule has 0 fully saturated rings. The highest BCUT2D eigenvalue weighted by molar-refractivity contribution is 6.25. The molecular formula is C50H30N6. The van der Waals surface area contributed by atoms with E-state index in [1.807, 2.05) is 24.3 Å². The van der Waals surface area contributed by atoms with E-state index in [9.17, 15) is 0 Å². The van der Waals surface area contributed by atoms with Gasteiger partial charge in [0, 0.05) is 67.2 Å². The van der Waals surface area contributed by atoms with Gasteiger partial charge in [0.25, 0.3) is 0 Å². The summed E-state index contributed by atoms with van der Waals surface area (Å²) in [6, 6.07) is 63.4. The molecule has 2 aromatic heterocycles. The van der Waals surface area contributed by atoms with E-state index in [0.29, 0.717) is 0 Å². The van der Waals surface area contributed by atoms with Crippen molar-refractivity contribution in [1.29, 1.82) is 0 Å². The molecule has 0 atom stereocenters. The predicted molar refractivity (Wildman–Crippen MR) is 228 cm³/mol. The maximum absolute atomic E-state index is 5.35. The highest BCUT2D eigenvalue weighted by atomic mass is 15.1. The SMILES string of the molecule is c1ccc(N(c2ccccc2)c2ccc3nc4c(nc3c2)-c2ccc3c5c(ccc-4c25)-c2nc4cc(N(c5ccccc5)c5ccccc5)ccc4nc2-3)cc1. The quantitative estimate of drug-likeness (QED) is 0.171. The number of rotatable bonds is 6. The lowest BCUT2D eigenvalue weighted by Crippen LogP contribution is -2.09. The van der Waals surface area contributed by atoms with Crippen LogP contribution in [0.3, 0.4) is 0 Å². The van der Waals surface area contributed by atoms with Crippen LogP contribution in [0.2, 0.25) is 0 Å². The van der Waals surface area contributed by atoms with Crippen molar-refractivity contribution in [3.05, 3.63) is 182 Å². The monoisotopic (exact) mass is 714 g/mol. The van der Waals surface area contributed by atoms with Gasteiger partial charge in [0.1, 0.15) is 0 Å². The second-order valence-electron chi connectivity index (χ2n) is 14.3. The summed E-state index contributed by atoms with van der Waals surface area (Å²) >= 11 is 0. The van der Waals surface area contributed by atoms with Gasteiger partial charge in [0.05, 0.1) is 44.8 Å². The minimum Gasteiger partial charge on any atom is -0.310 e. The maximum atomic E-state index is 5.35. The van der Waals surface area contributed by atoms with Crippen molar-refractivity contribution >= 4 is 67.0 Å². The van der Waals surface area contributed by atoms with Crippen LogP contribution in [0.25, 0.3) is 77.9 Å². The van der Waals surface area contributed by atoms with E-state index >= 15 is 0 Å². The number of anilines is 6. The van der Waals surface area contributed by atoms with Crippen molar-refractivity contribution in [2.75, 3.05) is 9.80 Å². The standard InChI is InChI=1S/C50H30N6/c1-5-13-31(14-6-1)55(32-15-7-2-8-16-32)35-21-27-41-43(29-35)53-49-39-25-23-38-46-40(26-24-37(45(39)46)47(49)51-41)50-48(38)52-42-28-22-36(30-44(42)54-50)56(33-17-9-3-10-18-33)34-19-11-4-12-20-34/h1-30H. The molecule has 6 nitrogen and oxygen atoms in total. The Labute approximate surface area is 322 Å². The zero-order valence-electron chi connectivity index (χ0n) is 30.0. The lowest BCUT2D eigenvalue weighted by atomic mass is 9.99. The molecular weight excluding hydrogens is 685 g/mol. The molecule has 0 N–H and O–H groups in total. The van der Waals surface area contributed by atoms with Gasteiger partial charge in [0.15, 0.2) is 0 Å². The van der Waals surface area contributed by atoms with Gasteiger partial charge in [0.2, 0.25) is 0 Å². The highest BCUT2D eigenvalue weighted by Gasteiger charge is 2.33. The average molecular weight is 715 g/mol. The summed E-state index contributed by atoms with van der Waals surface area (Å²) in [6.45, 7) is 0. The van der Waals surface area contributed by atoms with Crippen LogP contribution in [-0.2, 0) is 0 Å². The Kier molecular flexibility index (Phi) is 6.53. The summed E-state index contributed by atoms with van der Waals surface area (Å²) in [5, 5.41) is 2.34. The first-order valence-corrected chi connectivity index (χ1v) is 18.8. The van der Waals surface area contributed by atoms with Gasteiger partial charge >= 0.3 is 0 Å². The zero-order valence-corrected chi connectivity index (χ0v) is 30.0. The van der Waals surface area contributed by atoms with E-state index in [0.717, 1.165) is 101 Å². The first-order chi connectivity index (χ1) is 27.8. The molecule has 2 aliphatic carbocycles. The second kappa shape index (κ2) is 11.9. The molecule has 0 aliphatic heterocycles. The van der Waals surface area contributed by atoms with Crippen molar-refractivity contribution in [3.8, 4) is 45.0 Å². The molecule has 2 aliphatic rings. The third kappa shape index (κ3) is 4.56. The molecule has 6 heteroatoms. The Hall–Kier alpha value is -7.70. The molecule has 12 rings (SSSR count). The summed E-state index contributed by atoms with van der Waals surface area (Å²) in [6.07, 6.45) is 0. The minimum absolute atomic E-state index is 0.854. The molecule has 0 radical (unpaired) electrons. The van der Waals surface area contributed by atoms with E-state index in [4.69, 9.17) is 19.9 Å². The lowest BCUT2D eigenvalue weighted by Gasteiger charge is -2.25. The molecule has 260 valence electrons. The molecule has 10 aromatic rings. The smallest absolute Gasteiger partial charge is 0.0979 e. The van der Waals surface area contributed by atoms with Crippen LogP contribution in [0.1, 0.15) is 0 Å². The summed E-state index contributed by atoms with van der Waals surface area (Å²) in [7, 11) is 0. The fraction of sp³-hybridized carbons (Fsp3) is 0. The van der Waals surface area contributed by atoms with Gasteiger partial charge in [-0.05, 0) is 84.9 Å². The van der Waals surface area contributed by atoms with Crippen LogP contribution >= 0.6 is 0 Å². The van der Waals surface area contributed by atoms with Gasteiger partial charge in [-0.2, -0.15) is 0 Å². The Morgan fingerprint density at radius 2 is 0.536 bits per heavy atom. The minimum atomic E-state index is 0.854. The van der Waals surface area contributed by atoms with Crippen molar-refractivity contribution < 1.29 is 0 Å². The molecule has 0 saturated carbocycles. The molecule has 8 aromatic carbocycles. The van der Waals surface area contributed by atoms with Crippen molar-refractivity contribution in [3.63, 3.8) is 0 Å². The molecule has 2 heterocycles. The number of hydrogen-bond acceptors (Lipinski definition) is 6. The Bertz CT molecular complexity index is 2890. The van der Waals surface area contributed by atoms with Crippen LogP contribution in [0.15, 0.2) is 182 Å². The Balaban J connectivity index is 0.980. The summed E-state index contributed by atoms with van der Waals surface area (Å²) in [5.74, 6) is 0. The largest absolute Gasteiger partial charge is 0.310 e. The molecule has 0 saturated heterocycles. The number of aromatic nitrogens is 4. The average Bonchev–Trinajstić information content (AvgIpc) is 3.74. The van der Waals surface area contributed by atoms with Crippen LogP contribution in [-0.4, -0.2) is 19.9 Å². The fourth-order valence-electron chi connectivity index (χ4n) is 8.60. The van der Waals surface area contributed by atoms with E-state index in [2.05, 4.69) is 168 Å². The predicted octanol–water partition coefficient (Wildman–Crippen LogP) is 13.0. The summed E-state index contributed by atoms with van der Waals surface area (Å²) < 4.78 is 0. The second-order valence-corrected chi connectivity index (χ2v) is 14.3. The molecule has 0 bridgehead atoms. The normalized spacial score (nSPS) is 11.9. The van der Waals surface area contributed by atoms with Crippen LogP contribution < -0.4 is 9.80 Å². The van der Waals surface area contributed by atoms with Crippen molar-refractivity contribution in [2.45, 2.75) is 0 Å². The maximum Gasteiger partial charge on any atom is 0.0979 e. The van der Waals surface area contributed by atoms with Gasteiger partial charge in [-0.15, -0.1) is 0 Å². The molecule has 0 unspecified atom stereocenters. The number of nitrogens with zero attached hydrogens (tertiary/aromatic N) is 6. The van der Waals surface area contributed by atoms with Crippen LogP contribution in [0, 0.1) is 0 Å². The number of benzene rings is 8. The number of para-hydroxylation sites is 4. The highest BCUT2D eigenvalue weighted by Crippen LogP contribution is 2.55. The van der Waals surface area contributed by atoms with Crippen LogP contribution in [0.5, 0.6) is 0 Å². The number of hydrogen-bond donors (Lipinski definition) is 0. The zero-order chi connectivity index (χ0) is 36.7. The first-order valence-electron chi connectivity index (χ1n) is 18.8. The van der Waals surface area contributed by atoms with E-state index in [1.165, 1.54) is 10.8 Å². The van der Waals surface area contributed by atoms with Gasteiger partial charge in [-0.3, -0.25) is 0 Å². The summed E-state index contributed by atoms with van der Waals surface area (Å²) in [4.78, 5) is 25.8. The third-order valence-electron chi connectivity index (χ3n) is 11.1. The lowest BCUT2D eigenvalue weighted by molar-refractivity contribution is 1.27.